The average molecular weight is 292 g/mol. The minimum absolute atomic E-state index is 0.197. The first-order chi connectivity index (χ1) is 9.70. The van der Waals surface area contributed by atoms with Crippen molar-refractivity contribution in [1.29, 1.82) is 0 Å². The normalized spacial score (nSPS) is 15.1. The lowest BCUT2D eigenvalue weighted by atomic mass is 10.1. The van der Waals surface area contributed by atoms with Crippen LogP contribution in [0.25, 0.3) is 0 Å². The number of rotatable bonds is 8. The number of hydrogen-bond donors (Lipinski definition) is 2. The molecule has 20 heavy (non-hydrogen) atoms. The molecule has 1 aromatic rings. The first-order valence-electron chi connectivity index (χ1n) is 7.48. The third-order valence-corrected chi connectivity index (χ3v) is 4.76. The molecule has 1 atom stereocenters. The van der Waals surface area contributed by atoms with E-state index in [1.165, 1.54) is 35.3 Å². The summed E-state index contributed by atoms with van der Waals surface area (Å²) in [4.78, 5) is 12.7. The van der Waals surface area contributed by atoms with Crippen LogP contribution in [0.5, 0.6) is 0 Å². The summed E-state index contributed by atoms with van der Waals surface area (Å²) in [5, 5.41) is 3.21. The van der Waals surface area contributed by atoms with E-state index in [2.05, 4.69) is 30.4 Å². The number of nitrogens with one attached hydrogen (secondary N) is 1. The van der Waals surface area contributed by atoms with Crippen LogP contribution in [-0.4, -0.2) is 24.2 Å². The molecule has 2 rings (SSSR count). The highest BCUT2D eigenvalue weighted by Gasteiger charge is 2.14. The Hall–Kier alpha value is -1.00. The topological polar surface area (TPSA) is 55.1 Å². The number of aryl methyl sites for hydroxylation is 2. The quantitative estimate of drug-likeness (QED) is 0.724. The summed E-state index contributed by atoms with van der Waals surface area (Å²) < 4.78 is 0. The van der Waals surface area contributed by atoms with Gasteiger partial charge in [-0.05, 0) is 67.7 Å². The molecule has 0 aliphatic heterocycles. The zero-order valence-corrected chi connectivity index (χ0v) is 13.0. The number of primary amides is 1. The van der Waals surface area contributed by atoms with Gasteiger partial charge < -0.3 is 11.1 Å². The molecule has 0 heterocycles. The van der Waals surface area contributed by atoms with Crippen molar-refractivity contribution in [2.24, 2.45) is 5.73 Å². The minimum atomic E-state index is -0.243. The van der Waals surface area contributed by atoms with Crippen molar-refractivity contribution in [2.45, 2.75) is 50.0 Å². The lowest BCUT2D eigenvalue weighted by molar-refractivity contribution is -0.120. The van der Waals surface area contributed by atoms with Gasteiger partial charge in [0, 0.05) is 4.90 Å². The predicted octanol–water partition coefficient (Wildman–Crippen LogP) is 2.51. The van der Waals surface area contributed by atoms with Crippen LogP contribution in [0.2, 0.25) is 0 Å². The Morgan fingerprint density at radius 2 is 2.20 bits per heavy atom. The number of nitrogens with two attached hydrogens (primary N) is 1. The van der Waals surface area contributed by atoms with E-state index in [9.17, 15) is 4.79 Å². The lowest BCUT2D eigenvalue weighted by Crippen LogP contribution is -2.41. The molecule has 0 aromatic heterocycles. The maximum Gasteiger partial charge on any atom is 0.234 e. The standard InChI is InChI=1S/C16H24N2OS/c1-2-9-18-15(16(17)19)8-10-20-14-7-6-12-4-3-5-13(12)11-14/h6-7,11,15,18H,2-5,8-10H2,1H3,(H2,17,19). The summed E-state index contributed by atoms with van der Waals surface area (Å²) >= 11 is 1.82. The number of thioether (sulfide) groups is 1. The van der Waals surface area contributed by atoms with Gasteiger partial charge in [0.05, 0.1) is 6.04 Å². The van der Waals surface area contributed by atoms with E-state index < -0.39 is 0 Å². The fourth-order valence-electron chi connectivity index (χ4n) is 2.60. The summed E-state index contributed by atoms with van der Waals surface area (Å²) in [5.41, 5.74) is 8.43. The van der Waals surface area contributed by atoms with E-state index >= 15 is 0 Å². The van der Waals surface area contributed by atoms with Crippen LogP contribution in [0.1, 0.15) is 37.3 Å². The molecule has 1 aliphatic carbocycles. The van der Waals surface area contributed by atoms with Gasteiger partial charge in [0.2, 0.25) is 5.91 Å². The van der Waals surface area contributed by atoms with E-state index in [0.717, 1.165) is 25.1 Å². The second-order valence-electron chi connectivity index (χ2n) is 5.33. The SMILES string of the molecule is CCCNC(CCSc1ccc2c(c1)CCC2)C(N)=O. The maximum absolute atomic E-state index is 11.4. The highest BCUT2D eigenvalue weighted by atomic mass is 32.2. The van der Waals surface area contributed by atoms with E-state index in [1.807, 2.05) is 11.8 Å². The molecule has 3 N–H and O–H groups in total. The van der Waals surface area contributed by atoms with Gasteiger partial charge >= 0.3 is 0 Å². The molecule has 1 unspecified atom stereocenters. The molecule has 1 aliphatic rings. The Labute approximate surface area is 125 Å². The molecule has 0 saturated carbocycles. The summed E-state index contributed by atoms with van der Waals surface area (Å²) in [6.45, 7) is 2.93. The van der Waals surface area contributed by atoms with E-state index in [-0.39, 0.29) is 11.9 Å². The second kappa shape index (κ2) is 7.70. The molecule has 0 fully saturated rings. The molecule has 4 heteroatoms. The van der Waals surface area contributed by atoms with Crippen LogP contribution in [0.3, 0.4) is 0 Å². The Kier molecular flexibility index (Phi) is 5.92. The monoisotopic (exact) mass is 292 g/mol. The van der Waals surface area contributed by atoms with E-state index in [1.54, 1.807) is 0 Å². The van der Waals surface area contributed by atoms with Crippen molar-refractivity contribution in [1.82, 2.24) is 5.32 Å². The third-order valence-electron chi connectivity index (χ3n) is 3.73. The fourth-order valence-corrected chi connectivity index (χ4v) is 3.58. The van der Waals surface area contributed by atoms with Gasteiger partial charge in [0.15, 0.2) is 0 Å². The van der Waals surface area contributed by atoms with Gasteiger partial charge in [-0.15, -0.1) is 11.8 Å². The van der Waals surface area contributed by atoms with Crippen LogP contribution >= 0.6 is 11.8 Å². The molecular formula is C16H24N2OS. The third kappa shape index (κ3) is 4.25. The van der Waals surface area contributed by atoms with Gasteiger partial charge in [0.1, 0.15) is 0 Å². The summed E-state index contributed by atoms with van der Waals surface area (Å²) in [5.74, 6) is 0.677. The first kappa shape index (κ1) is 15.4. The van der Waals surface area contributed by atoms with Crippen molar-refractivity contribution >= 4 is 17.7 Å². The largest absolute Gasteiger partial charge is 0.368 e. The summed E-state index contributed by atoms with van der Waals surface area (Å²) in [6, 6.07) is 6.57. The molecule has 0 saturated heterocycles. The lowest BCUT2D eigenvalue weighted by Gasteiger charge is -2.14. The van der Waals surface area contributed by atoms with Crippen molar-refractivity contribution in [2.75, 3.05) is 12.3 Å². The number of amides is 1. The highest BCUT2D eigenvalue weighted by Crippen LogP contribution is 2.27. The Balaban J connectivity index is 1.81. The smallest absolute Gasteiger partial charge is 0.234 e. The first-order valence-corrected chi connectivity index (χ1v) is 8.46. The van der Waals surface area contributed by atoms with E-state index in [0.29, 0.717) is 0 Å². The van der Waals surface area contributed by atoms with Crippen LogP contribution in [0.15, 0.2) is 23.1 Å². The molecule has 110 valence electrons. The summed E-state index contributed by atoms with van der Waals surface area (Å²) in [6.07, 6.45) is 5.53. The van der Waals surface area contributed by atoms with Gasteiger partial charge in [-0.3, -0.25) is 4.79 Å². The Morgan fingerprint density at radius 3 is 2.95 bits per heavy atom. The maximum atomic E-state index is 11.4. The molecule has 0 radical (unpaired) electrons. The average Bonchev–Trinajstić information content (AvgIpc) is 2.89. The van der Waals surface area contributed by atoms with Crippen molar-refractivity contribution in [3.8, 4) is 0 Å². The van der Waals surface area contributed by atoms with Crippen LogP contribution < -0.4 is 11.1 Å². The molecule has 1 amide bonds. The van der Waals surface area contributed by atoms with Crippen molar-refractivity contribution in [3.63, 3.8) is 0 Å². The fraction of sp³-hybridized carbons (Fsp3) is 0.562. The van der Waals surface area contributed by atoms with Crippen molar-refractivity contribution < 1.29 is 4.79 Å². The molecule has 1 aromatic carbocycles. The summed E-state index contributed by atoms with van der Waals surface area (Å²) in [7, 11) is 0. The van der Waals surface area contributed by atoms with Crippen molar-refractivity contribution in [3.05, 3.63) is 29.3 Å². The Bertz CT molecular complexity index is 462. The number of hydrogen-bond acceptors (Lipinski definition) is 3. The molecule has 0 bridgehead atoms. The number of carbonyl (C=O) groups excluding carboxylic acids is 1. The number of fused-ring (bicyclic) bond motifs is 1. The van der Waals surface area contributed by atoms with Gasteiger partial charge in [-0.25, -0.2) is 0 Å². The predicted molar refractivity (Wildman–Crippen MR) is 85.1 cm³/mol. The van der Waals surface area contributed by atoms with Gasteiger partial charge in [-0.1, -0.05) is 13.0 Å². The minimum Gasteiger partial charge on any atom is -0.368 e. The highest BCUT2D eigenvalue weighted by molar-refractivity contribution is 7.99. The molecular weight excluding hydrogens is 268 g/mol. The zero-order valence-electron chi connectivity index (χ0n) is 12.2. The van der Waals surface area contributed by atoms with E-state index in [4.69, 9.17) is 5.73 Å². The van der Waals surface area contributed by atoms with Gasteiger partial charge in [-0.2, -0.15) is 0 Å². The van der Waals surface area contributed by atoms with Crippen LogP contribution in [-0.2, 0) is 17.6 Å². The zero-order chi connectivity index (χ0) is 14.4. The number of carbonyl (C=O) groups is 1. The Morgan fingerprint density at radius 1 is 1.40 bits per heavy atom. The second-order valence-corrected chi connectivity index (χ2v) is 6.50. The molecule has 3 nitrogen and oxygen atoms in total. The number of benzene rings is 1. The van der Waals surface area contributed by atoms with Gasteiger partial charge in [0.25, 0.3) is 0 Å². The van der Waals surface area contributed by atoms with Crippen LogP contribution in [0, 0.1) is 0 Å². The molecule has 0 spiro atoms. The van der Waals surface area contributed by atoms with Crippen LogP contribution in [0.4, 0.5) is 0 Å².